The average Bonchev–Trinajstić information content (AvgIpc) is 3.10. The number of hydrogen-bond acceptors (Lipinski definition) is 6. The third-order valence-corrected chi connectivity index (χ3v) is 5.12. The Balaban J connectivity index is 1.58. The van der Waals surface area contributed by atoms with Crippen molar-refractivity contribution in [2.75, 3.05) is 17.3 Å². The number of carbonyl (C=O) groups is 1. The van der Waals surface area contributed by atoms with E-state index >= 15 is 0 Å². The van der Waals surface area contributed by atoms with Gasteiger partial charge in [0.25, 0.3) is 0 Å². The summed E-state index contributed by atoms with van der Waals surface area (Å²) in [6, 6.07) is 16.0. The second-order valence-electron chi connectivity index (χ2n) is 5.29. The van der Waals surface area contributed by atoms with Gasteiger partial charge in [0.15, 0.2) is 0 Å². The minimum atomic E-state index is -0.182. The van der Waals surface area contributed by atoms with E-state index in [-0.39, 0.29) is 17.7 Å². The molecule has 1 heterocycles. The molecule has 25 heavy (non-hydrogen) atoms. The van der Waals surface area contributed by atoms with Gasteiger partial charge in [0.05, 0.1) is 5.75 Å². The fraction of sp³-hybridized carbons (Fsp3) is 0.167. The second-order valence-corrected chi connectivity index (χ2v) is 7.22. The molecule has 1 N–H and O–H groups in total. The lowest BCUT2D eigenvalue weighted by Gasteiger charge is -2.02. The van der Waals surface area contributed by atoms with E-state index in [2.05, 4.69) is 15.5 Å². The van der Waals surface area contributed by atoms with Gasteiger partial charge < -0.3 is 4.42 Å². The van der Waals surface area contributed by atoms with Crippen LogP contribution in [0.15, 0.2) is 62.7 Å². The highest BCUT2D eigenvalue weighted by Gasteiger charge is 2.12. The number of amides is 1. The Hall–Kier alpha value is -2.25. The maximum Gasteiger partial charge on any atom is 0.322 e. The van der Waals surface area contributed by atoms with Crippen LogP contribution in [0.25, 0.3) is 11.5 Å². The van der Waals surface area contributed by atoms with Crippen LogP contribution in [-0.4, -0.2) is 28.1 Å². The standard InChI is InChI=1S/C18H17N3O2S2/c1-12-6-8-14(9-7-12)25-11-16(22)19-18-21-20-17(23-18)13-4-3-5-15(10-13)24-2/h3-10H,11H2,1-2H3,(H,19,21,22). The minimum absolute atomic E-state index is 0.110. The van der Waals surface area contributed by atoms with E-state index in [9.17, 15) is 4.79 Å². The molecule has 0 aliphatic rings. The molecule has 0 bridgehead atoms. The van der Waals surface area contributed by atoms with Crippen molar-refractivity contribution in [2.24, 2.45) is 0 Å². The molecule has 3 rings (SSSR count). The summed E-state index contributed by atoms with van der Waals surface area (Å²) in [7, 11) is 0. The number of nitrogens with zero attached hydrogens (tertiary/aromatic N) is 2. The first-order valence-corrected chi connectivity index (χ1v) is 9.82. The molecular weight excluding hydrogens is 354 g/mol. The largest absolute Gasteiger partial charge is 0.403 e. The van der Waals surface area contributed by atoms with Gasteiger partial charge >= 0.3 is 6.01 Å². The molecule has 0 aliphatic heterocycles. The molecule has 0 spiro atoms. The van der Waals surface area contributed by atoms with Crippen LogP contribution < -0.4 is 5.32 Å². The van der Waals surface area contributed by atoms with Crippen molar-refractivity contribution in [3.05, 3.63) is 54.1 Å². The summed E-state index contributed by atoms with van der Waals surface area (Å²) >= 11 is 3.10. The summed E-state index contributed by atoms with van der Waals surface area (Å²) in [5, 5.41) is 10.5. The van der Waals surface area contributed by atoms with Gasteiger partial charge in [0.1, 0.15) is 0 Å². The summed E-state index contributed by atoms with van der Waals surface area (Å²) < 4.78 is 5.53. The van der Waals surface area contributed by atoms with Crippen molar-refractivity contribution < 1.29 is 9.21 Å². The van der Waals surface area contributed by atoms with Crippen molar-refractivity contribution in [2.45, 2.75) is 16.7 Å². The molecule has 0 radical (unpaired) electrons. The van der Waals surface area contributed by atoms with E-state index in [4.69, 9.17) is 4.42 Å². The van der Waals surface area contributed by atoms with Crippen LogP contribution in [0.1, 0.15) is 5.56 Å². The van der Waals surface area contributed by atoms with Crippen LogP contribution in [0.5, 0.6) is 0 Å². The zero-order chi connectivity index (χ0) is 17.6. The molecular formula is C18H17N3O2S2. The Morgan fingerprint density at radius 1 is 1.12 bits per heavy atom. The highest BCUT2D eigenvalue weighted by atomic mass is 32.2. The smallest absolute Gasteiger partial charge is 0.322 e. The molecule has 128 valence electrons. The van der Waals surface area contributed by atoms with Crippen LogP contribution in [0, 0.1) is 6.92 Å². The number of rotatable bonds is 6. The van der Waals surface area contributed by atoms with E-state index in [1.165, 1.54) is 17.3 Å². The number of carbonyl (C=O) groups excluding carboxylic acids is 1. The van der Waals surface area contributed by atoms with Crippen LogP contribution in [0.3, 0.4) is 0 Å². The summed E-state index contributed by atoms with van der Waals surface area (Å²) in [5.41, 5.74) is 2.02. The highest BCUT2D eigenvalue weighted by molar-refractivity contribution is 8.00. The lowest BCUT2D eigenvalue weighted by Crippen LogP contribution is -2.14. The third-order valence-electron chi connectivity index (χ3n) is 3.38. The topological polar surface area (TPSA) is 68.0 Å². The van der Waals surface area contributed by atoms with Crippen molar-refractivity contribution in [1.29, 1.82) is 0 Å². The molecule has 0 saturated carbocycles. The van der Waals surface area contributed by atoms with Crippen LogP contribution in [0.4, 0.5) is 6.01 Å². The molecule has 1 aromatic heterocycles. The second kappa shape index (κ2) is 8.22. The SMILES string of the molecule is CSc1cccc(-c2nnc(NC(=O)CSc3ccc(C)cc3)o2)c1. The fourth-order valence-electron chi connectivity index (χ4n) is 2.09. The summed E-state index contributed by atoms with van der Waals surface area (Å²) in [6.45, 7) is 2.03. The van der Waals surface area contributed by atoms with Gasteiger partial charge in [-0.2, -0.15) is 0 Å². The van der Waals surface area contributed by atoms with E-state index in [0.29, 0.717) is 5.89 Å². The Morgan fingerprint density at radius 2 is 1.92 bits per heavy atom. The Bertz CT molecular complexity index is 863. The van der Waals surface area contributed by atoms with Gasteiger partial charge in [-0.15, -0.1) is 28.6 Å². The maximum absolute atomic E-state index is 12.0. The van der Waals surface area contributed by atoms with Crippen molar-refractivity contribution in [3.63, 3.8) is 0 Å². The predicted octanol–water partition coefficient (Wildman–Crippen LogP) is 4.50. The van der Waals surface area contributed by atoms with Gasteiger partial charge in [-0.1, -0.05) is 28.9 Å². The van der Waals surface area contributed by atoms with Crippen molar-refractivity contribution in [3.8, 4) is 11.5 Å². The molecule has 0 fully saturated rings. The number of nitrogens with one attached hydrogen (secondary N) is 1. The Labute approximate surface area is 154 Å². The Morgan fingerprint density at radius 3 is 2.68 bits per heavy atom. The third kappa shape index (κ3) is 4.87. The molecule has 5 nitrogen and oxygen atoms in total. The normalized spacial score (nSPS) is 10.6. The van der Waals surface area contributed by atoms with E-state index in [1.54, 1.807) is 11.8 Å². The van der Waals surface area contributed by atoms with Crippen LogP contribution >= 0.6 is 23.5 Å². The number of benzene rings is 2. The number of thioether (sulfide) groups is 2. The highest BCUT2D eigenvalue weighted by Crippen LogP contribution is 2.25. The number of hydrogen-bond donors (Lipinski definition) is 1. The molecule has 2 aromatic carbocycles. The first-order chi connectivity index (χ1) is 12.1. The first kappa shape index (κ1) is 17.6. The summed E-state index contributed by atoms with van der Waals surface area (Å²) in [6.07, 6.45) is 2.00. The number of aromatic nitrogens is 2. The van der Waals surface area contributed by atoms with Gasteiger partial charge in [0, 0.05) is 15.4 Å². The number of aryl methyl sites for hydroxylation is 1. The lowest BCUT2D eigenvalue weighted by atomic mass is 10.2. The summed E-state index contributed by atoms with van der Waals surface area (Å²) in [5.74, 6) is 0.485. The molecule has 0 saturated heterocycles. The van der Waals surface area contributed by atoms with E-state index < -0.39 is 0 Å². The van der Waals surface area contributed by atoms with Crippen LogP contribution in [-0.2, 0) is 4.79 Å². The van der Waals surface area contributed by atoms with Gasteiger partial charge in [-0.05, 0) is 43.5 Å². The molecule has 3 aromatic rings. The quantitative estimate of drug-likeness (QED) is 0.644. The average molecular weight is 371 g/mol. The Kier molecular flexibility index (Phi) is 5.78. The van der Waals surface area contributed by atoms with E-state index in [1.807, 2.05) is 61.7 Å². The lowest BCUT2D eigenvalue weighted by molar-refractivity contribution is -0.113. The molecule has 0 unspecified atom stereocenters. The fourth-order valence-corrected chi connectivity index (χ4v) is 3.24. The van der Waals surface area contributed by atoms with E-state index in [0.717, 1.165) is 15.4 Å². The van der Waals surface area contributed by atoms with Gasteiger partial charge in [-0.25, -0.2) is 0 Å². The molecule has 1 amide bonds. The van der Waals surface area contributed by atoms with Crippen molar-refractivity contribution in [1.82, 2.24) is 10.2 Å². The van der Waals surface area contributed by atoms with Gasteiger partial charge in [0.2, 0.25) is 11.8 Å². The molecule has 7 heteroatoms. The predicted molar refractivity (Wildman–Crippen MR) is 102 cm³/mol. The minimum Gasteiger partial charge on any atom is -0.403 e. The monoisotopic (exact) mass is 371 g/mol. The summed E-state index contributed by atoms with van der Waals surface area (Å²) in [4.78, 5) is 14.2. The van der Waals surface area contributed by atoms with Gasteiger partial charge in [-0.3, -0.25) is 10.1 Å². The molecule has 0 aliphatic carbocycles. The maximum atomic E-state index is 12.0. The number of anilines is 1. The van der Waals surface area contributed by atoms with Crippen molar-refractivity contribution >= 4 is 35.4 Å². The molecule has 0 atom stereocenters. The zero-order valence-electron chi connectivity index (χ0n) is 13.9. The first-order valence-electron chi connectivity index (χ1n) is 7.61. The zero-order valence-corrected chi connectivity index (χ0v) is 15.5. The van der Waals surface area contributed by atoms with Crippen LogP contribution in [0.2, 0.25) is 0 Å².